The molecule has 2 N–H and O–H groups in total. The minimum atomic E-state index is 0.112. The maximum absolute atomic E-state index is 11.8. The lowest BCUT2D eigenvalue weighted by Gasteiger charge is -2.25. The van der Waals surface area contributed by atoms with Crippen LogP contribution in [0.25, 0.3) is 22.3 Å². The van der Waals surface area contributed by atoms with Crippen LogP contribution in [0, 0.1) is 0 Å². The fourth-order valence-corrected chi connectivity index (χ4v) is 4.30. The average molecular weight is 376 g/mol. The van der Waals surface area contributed by atoms with Crippen molar-refractivity contribution in [3.63, 3.8) is 0 Å². The predicted octanol–water partition coefficient (Wildman–Crippen LogP) is 2.29. The molecule has 0 bridgehead atoms. The number of hydrogen-bond acceptors (Lipinski definition) is 5. The first kappa shape index (κ1) is 17.2. The van der Waals surface area contributed by atoms with Crippen LogP contribution in [0.4, 0.5) is 5.82 Å². The van der Waals surface area contributed by atoms with Crippen LogP contribution in [0.5, 0.6) is 0 Å². The summed E-state index contributed by atoms with van der Waals surface area (Å²) in [4.78, 5) is 29.1. The molecule has 1 amide bonds. The molecule has 1 fully saturated rings. The van der Waals surface area contributed by atoms with E-state index in [2.05, 4.69) is 27.3 Å². The Morgan fingerprint density at radius 3 is 2.96 bits per heavy atom. The molecule has 0 spiro atoms. The Kier molecular flexibility index (Phi) is 4.05. The summed E-state index contributed by atoms with van der Waals surface area (Å²) in [7, 11) is 1.89. The second-order valence-electron chi connectivity index (χ2n) is 7.67. The normalized spacial score (nSPS) is 18.6. The van der Waals surface area contributed by atoms with Crippen LogP contribution in [-0.2, 0) is 17.9 Å². The van der Waals surface area contributed by atoms with Gasteiger partial charge < -0.3 is 20.1 Å². The molecule has 1 aromatic carbocycles. The Morgan fingerprint density at radius 2 is 2.11 bits per heavy atom. The highest BCUT2D eigenvalue weighted by molar-refractivity contribution is 5.94. The van der Waals surface area contributed by atoms with Gasteiger partial charge in [-0.25, -0.2) is 9.97 Å². The SMILES string of the molecule is CC(=O)N(C)C1CCN(c2nc(-c3c[nH]c4ccccc34)nc3c2CNC3)C1. The number of likely N-dealkylation sites (N-methyl/N-ethyl adjacent to an activating group) is 1. The summed E-state index contributed by atoms with van der Waals surface area (Å²) in [5.74, 6) is 1.88. The summed E-state index contributed by atoms with van der Waals surface area (Å²) in [6.07, 6.45) is 2.96. The summed E-state index contributed by atoms with van der Waals surface area (Å²) in [6.45, 7) is 4.91. The van der Waals surface area contributed by atoms with Gasteiger partial charge in [-0.2, -0.15) is 0 Å². The molecule has 1 atom stereocenters. The van der Waals surface area contributed by atoms with Crippen molar-refractivity contribution < 1.29 is 4.79 Å². The van der Waals surface area contributed by atoms with E-state index in [0.29, 0.717) is 0 Å². The topological polar surface area (TPSA) is 77.2 Å². The van der Waals surface area contributed by atoms with E-state index in [0.717, 1.165) is 66.4 Å². The Labute approximate surface area is 163 Å². The quantitative estimate of drug-likeness (QED) is 0.733. The van der Waals surface area contributed by atoms with Gasteiger partial charge in [0.25, 0.3) is 0 Å². The second-order valence-corrected chi connectivity index (χ2v) is 7.67. The number of fused-ring (bicyclic) bond motifs is 2. The van der Waals surface area contributed by atoms with Crippen LogP contribution >= 0.6 is 0 Å². The molecular weight excluding hydrogens is 352 g/mol. The number of carbonyl (C=O) groups excluding carboxylic acids is 1. The van der Waals surface area contributed by atoms with Crippen LogP contribution in [0.3, 0.4) is 0 Å². The van der Waals surface area contributed by atoms with Crippen molar-refractivity contribution in [2.24, 2.45) is 0 Å². The van der Waals surface area contributed by atoms with Gasteiger partial charge in [0.05, 0.1) is 11.7 Å². The fourth-order valence-electron chi connectivity index (χ4n) is 4.30. The molecule has 4 heterocycles. The summed E-state index contributed by atoms with van der Waals surface area (Å²) in [5, 5.41) is 4.55. The summed E-state index contributed by atoms with van der Waals surface area (Å²) in [5.41, 5.74) is 4.39. The van der Waals surface area contributed by atoms with Gasteiger partial charge in [-0.3, -0.25) is 4.79 Å². The summed E-state index contributed by atoms with van der Waals surface area (Å²) < 4.78 is 0. The van der Waals surface area contributed by atoms with E-state index in [1.807, 2.05) is 30.3 Å². The van der Waals surface area contributed by atoms with Crippen molar-refractivity contribution in [1.82, 2.24) is 25.2 Å². The highest BCUT2D eigenvalue weighted by atomic mass is 16.2. The van der Waals surface area contributed by atoms with E-state index < -0.39 is 0 Å². The van der Waals surface area contributed by atoms with Gasteiger partial charge in [-0.05, 0) is 12.5 Å². The summed E-state index contributed by atoms with van der Waals surface area (Å²) >= 11 is 0. The number of H-pyrrole nitrogens is 1. The first-order valence-corrected chi connectivity index (χ1v) is 9.77. The maximum atomic E-state index is 11.8. The van der Waals surface area contributed by atoms with Crippen molar-refractivity contribution in [2.75, 3.05) is 25.0 Å². The van der Waals surface area contributed by atoms with Crippen LogP contribution < -0.4 is 10.2 Å². The highest BCUT2D eigenvalue weighted by Gasteiger charge is 2.31. The fraction of sp³-hybridized carbons (Fsp3) is 0.381. The molecule has 0 radical (unpaired) electrons. The van der Waals surface area contributed by atoms with Gasteiger partial charge in [-0.1, -0.05) is 18.2 Å². The lowest BCUT2D eigenvalue weighted by atomic mass is 10.1. The Balaban J connectivity index is 1.55. The molecular formula is C21H24N6O. The molecule has 1 saturated heterocycles. The number of carbonyl (C=O) groups is 1. The molecule has 2 aromatic heterocycles. The molecule has 5 rings (SSSR count). The monoisotopic (exact) mass is 376 g/mol. The average Bonchev–Trinajstić information content (AvgIpc) is 3.44. The van der Waals surface area contributed by atoms with E-state index >= 15 is 0 Å². The third-order valence-corrected chi connectivity index (χ3v) is 6.00. The minimum Gasteiger partial charge on any atom is -0.360 e. The molecule has 0 saturated carbocycles. The number of nitrogens with one attached hydrogen (secondary N) is 2. The van der Waals surface area contributed by atoms with E-state index in [1.165, 1.54) is 5.56 Å². The van der Waals surface area contributed by atoms with Gasteiger partial charge in [0.15, 0.2) is 5.82 Å². The minimum absolute atomic E-state index is 0.112. The van der Waals surface area contributed by atoms with Crippen molar-refractivity contribution in [2.45, 2.75) is 32.5 Å². The molecule has 7 heteroatoms. The largest absolute Gasteiger partial charge is 0.360 e. The van der Waals surface area contributed by atoms with E-state index in [1.54, 1.807) is 6.92 Å². The zero-order valence-electron chi connectivity index (χ0n) is 16.2. The molecule has 7 nitrogen and oxygen atoms in total. The second kappa shape index (κ2) is 6.60. The van der Waals surface area contributed by atoms with Crippen molar-refractivity contribution in [1.29, 1.82) is 0 Å². The first-order valence-electron chi connectivity index (χ1n) is 9.77. The molecule has 1 unspecified atom stereocenters. The summed E-state index contributed by atoms with van der Waals surface area (Å²) in [6, 6.07) is 8.46. The lowest BCUT2D eigenvalue weighted by molar-refractivity contribution is -0.129. The van der Waals surface area contributed by atoms with E-state index in [9.17, 15) is 4.79 Å². The number of aromatic nitrogens is 3. The van der Waals surface area contributed by atoms with Crippen LogP contribution in [0.1, 0.15) is 24.6 Å². The smallest absolute Gasteiger partial charge is 0.219 e. The van der Waals surface area contributed by atoms with Gasteiger partial charge in [0.1, 0.15) is 5.82 Å². The van der Waals surface area contributed by atoms with Crippen LogP contribution in [-0.4, -0.2) is 51.9 Å². The first-order chi connectivity index (χ1) is 13.6. The number of para-hydroxylation sites is 1. The van der Waals surface area contributed by atoms with Gasteiger partial charge in [0.2, 0.25) is 5.91 Å². The van der Waals surface area contributed by atoms with E-state index in [4.69, 9.17) is 9.97 Å². The highest BCUT2D eigenvalue weighted by Crippen LogP contribution is 2.33. The molecule has 0 aliphatic carbocycles. The van der Waals surface area contributed by atoms with Gasteiger partial charge in [0, 0.05) is 68.4 Å². The van der Waals surface area contributed by atoms with Crippen LogP contribution in [0.15, 0.2) is 30.5 Å². The number of benzene rings is 1. The van der Waals surface area contributed by atoms with Gasteiger partial charge in [-0.15, -0.1) is 0 Å². The number of hydrogen-bond donors (Lipinski definition) is 2. The third-order valence-electron chi connectivity index (χ3n) is 6.00. The molecule has 2 aliphatic heterocycles. The van der Waals surface area contributed by atoms with Crippen molar-refractivity contribution in [3.05, 3.63) is 41.7 Å². The van der Waals surface area contributed by atoms with Gasteiger partial charge >= 0.3 is 0 Å². The predicted molar refractivity (Wildman–Crippen MR) is 109 cm³/mol. The number of amides is 1. The number of rotatable bonds is 3. The zero-order chi connectivity index (χ0) is 19.3. The Hall–Kier alpha value is -2.93. The molecule has 28 heavy (non-hydrogen) atoms. The number of aromatic amines is 1. The number of nitrogens with zero attached hydrogens (tertiary/aromatic N) is 4. The molecule has 144 valence electrons. The van der Waals surface area contributed by atoms with Crippen molar-refractivity contribution >= 4 is 22.6 Å². The number of anilines is 1. The zero-order valence-corrected chi connectivity index (χ0v) is 16.2. The van der Waals surface area contributed by atoms with Crippen LogP contribution in [0.2, 0.25) is 0 Å². The third kappa shape index (κ3) is 2.74. The van der Waals surface area contributed by atoms with E-state index in [-0.39, 0.29) is 11.9 Å². The Morgan fingerprint density at radius 1 is 1.25 bits per heavy atom. The maximum Gasteiger partial charge on any atom is 0.219 e. The standard InChI is InChI=1S/C21H24N6O/c1-13(28)26(2)14-7-8-27(12-14)21-17-9-22-11-19(17)24-20(25-21)16-10-23-18-6-4-3-5-15(16)18/h3-6,10,14,22-23H,7-9,11-12H2,1-2H3. The lowest BCUT2D eigenvalue weighted by Crippen LogP contribution is -2.37. The molecule has 3 aromatic rings. The molecule has 2 aliphatic rings. The van der Waals surface area contributed by atoms with Crippen molar-refractivity contribution in [3.8, 4) is 11.4 Å². The Bertz CT molecular complexity index is 1060.